The topological polar surface area (TPSA) is 34.0 Å². The maximum absolute atomic E-state index is 4.56. The highest BCUT2D eigenvalue weighted by Gasteiger charge is 2.23. The van der Waals surface area contributed by atoms with Crippen LogP contribution < -0.4 is 4.90 Å². The highest BCUT2D eigenvalue weighted by molar-refractivity contribution is 5.84. The van der Waals surface area contributed by atoms with Gasteiger partial charge in [-0.3, -0.25) is 4.98 Å². The molecule has 0 aliphatic carbocycles. The zero-order valence-corrected chi connectivity index (χ0v) is 17.6. The lowest BCUT2D eigenvalue weighted by molar-refractivity contribution is 0.878. The van der Waals surface area contributed by atoms with E-state index in [0.717, 1.165) is 35.5 Å². The van der Waals surface area contributed by atoms with Gasteiger partial charge in [0.1, 0.15) is 0 Å². The van der Waals surface area contributed by atoms with Crippen LogP contribution in [-0.2, 0) is 12.8 Å². The lowest BCUT2D eigenvalue weighted by Crippen LogP contribution is -2.12. The third-order valence-electron chi connectivity index (χ3n) is 6.04. The SMILES string of the molecule is c1ccc(-c2cccc(N3c4ccccc4CCc4ccc(-n5cccn5)cc43)c2)nc1. The number of nitrogens with zero attached hydrogens (tertiary/aromatic N) is 4. The van der Waals surface area contributed by atoms with Crippen LogP contribution in [0.15, 0.2) is 110 Å². The number of benzene rings is 3. The van der Waals surface area contributed by atoms with Crippen molar-refractivity contribution in [2.45, 2.75) is 12.8 Å². The van der Waals surface area contributed by atoms with E-state index < -0.39 is 0 Å². The highest BCUT2D eigenvalue weighted by Crippen LogP contribution is 2.43. The maximum Gasteiger partial charge on any atom is 0.0702 e. The van der Waals surface area contributed by atoms with Gasteiger partial charge in [-0.2, -0.15) is 5.10 Å². The summed E-state index contributed by atoms with van der Waals surface area (Å²) in [5, 5.41) is 4.44. The molecule has 0 fully saturated rings. The predicted octanol–water partition coefficient (Wildman–Crippen LogP) is 6.50. The van der Waals surface area contributed by atoms with Crippen LogP contribution in [0.4, 0.5) is 17.1 Å². The molecule has 6 rings (SSSR count). The van der Waals surface area contributed by atoms with Crippen LogP contribution in [0.2, 0.25) is 0 Å². The van der Waals surface area contributed by atoms with Crippen LogP contribution in [0.5, 0.6) is 0 Å². The van der Waals surface area contributed by atoms with Crippen LogP contribution in [-0.4, -0.2) is 14.8 Å². The lowest BCUT2D eigenvalue weighted by atomic mass is 10.0. The Bertz CT molecular complexity index is 1370. The minimum absolute atomic E-state index is 0.975. The third-order valence-corrected chi connectivity index (χ3v) is 6.04. The average Bonchev–Trinajstić information content (AvgIpc) is 3.34. The Morgan fingerprint density at radius 3 is 2.34 bits per heavy atom. The zero-order chi connectivity index (χ0) is 21.3. The second-order valence-electron chi connectivity index (χ2n) is 7.99. The summed E-state index contributed by atoms with van der Waals surface area (Å²) in [5.74, 6) is 0. The van der Waals surface area contributed by atoms with Crippen molar-refractivity contribution in [3.05, 3.63) is 121 Å². The number of aromatic nitrogens is 3. The molecule has 0 bridgehead atoms. The van der Waals surface area contributed by atoms with Gasteiger partial charge in [-0.05, 0) is 72.5 Å². The van der Waals surface area contributed by atoms with Crippen LogP contribution in [0.3, 0.4) is 0 Å². The molecular weight excluding hydrogens is 392 g/mol. The molecule has 0 saturated heterocycles. The minimum Gasteiger partial charge on any atom is -0.310 e. The average molecular weight is 415 g/mol. The number of rotatable bonds is 3. The van der Waals surface area contributed by atoms with Gasteiger partial charge in [0, 0.05) is 35.5 Å². The molecule has 1 aliphatic rings. The Hall–Kier alpha value is -4.18. The summed E-state index contributed by atoms with van der Waals surface area (Å²) in [6.45, 7) is 0. The van der Waals surface area contributed by atoms with E-state index >= 15 is 0 Å². The van der Waals surface area contributed by atoms with Gasteiger partial charge in [-0.15, -0.1) is 0 Å². The number of hydrogen-bond acceptors (Lipinski definition) is 3. The largest absolute Gasteiger partial charge is 0.310 e. The van der Waals surface area contributed by atoms with Gasteiger partial charge in [-0.25, -0.2) is 4.68 Å². The van der Waals surface area contributed by atoms with Crippen molar-refractivity contribution in [2.24, 2.45) is 0 Å². The Balaban J connectivity index is 1.56. The molecule has 4 nitrogen and oxygen atoms in total. The second-order valence-corrected chi connectivity index (χ2v) is 7.99. The molecule has 3 aromatic carbocycles. The molecule has 0 unspecified atom stereocenters. The molecule has 0 atom stereocenters. The summed E-state index contributed by atoms with van der Waals surface area (Å²) in [6, 6.07) is 32.0. The Morgan fingerprint density at radius 2 is 1.50 bits per heavy atom. The van der Waals surface area contributed by atoms with Gasteiger partial charge < -0.3 is 4.90 Å². The molecule has 0 N–H and O–H groups in total. The lowest BCUT2D eigenvalue weighted by Gasteiger charge is -2.28. The number of para-hydroxylation sites is 1. The van der Waals surface area contributed by atoms with E-state index in [1.807, 2.05) is 41.5 Å². The molecule has 0 spiro atoms. The van der Waals surface area contributed by atoms with E-state index in [9.17, 15) is 0 Å². The first-order valence-electron chi connectivity index (χ1n) is 10.9. The Labute approximate surface area is 187 Å². The van der Waals surface area contributed by atoms with Crippen LogP contribution >= 0.6 is 0 Å². The van der Waals surface area contributed by atoms with E-state index in [4.69, 9.17) is 0 Å². The van der Waals surface area contributed by atoms with E-state index in [-0.39, 0.29) is 0 Å². The fourth-order valence-corrected chi connectivity index (χ4v) is 4.49. The second kappa shape index (κ2) is 7.82. The molecule has 0 radical (unpaired) electrons. The number of anilines is 3. The molecule has 154 valence electrons. The van der Waals surface area contributed by atoms with Gasteiger partial charge in [0.2, 0.25) is 0 Å². The van der Waals surface area contributed by atoms with Crippen LogP contribution in [0.25, 0.3) is 16.9 Å². The molecule has 0 amide bonds. The first-order chi connectivity index (χ1) is 15.9. The van der Waals surface area contributed by atoms with Gasteiger partial charge in [0.15, 0.2) is 0 Å². The summed E-state index contributed by atoms with van der Waals surface area (Å²) in [5.41, 5.74) is 9.37. The highest BCUT2D eigenvalue weighted by atomic mass is 15.3. The standard InChI is InChI=1S/C28H22N4/c1-2-11-27-21(7-1)12-13-22-14-15-24(31-18-6-17-30-31)20-28(22)32(27)25-9-5-8-23(19-25)26-10-3-4-16-29-26/h1-11,14-20H,12-13H2. The molecule has 5 aromatic rings. The quantitative estimate of drug-likeness (QED) is 0.338. The fraction of sp³-hybridized carbons (Fsp3) is 0.0714. The van der Waals surface area contributed by atoms with Crippen molar-refractivity contribution >= 4 is 17.1 Å². The molecule has 32 heavy (non-hydrogen) atoms. The van der Waals surface area contributed by atoms with Gasteiger partial charge >= 0.3 is 0 Å². The number of aryl methyl sites for hydroxylation is 2. The van der Waals surface area contributed by atoms with Crippen molar-refractivity contribution in [2.75, 3.05) is 4.90 Å². The summed E-state index contributed by atoms with van der Waals surface area (Å²) in [4.78, 5) is 6.95. The molecule has 4 heteroatoms. The summed E-state index contributed by atoms with van der Waals surface area (Å²) < 4.78 is 1.92. The van der Waals surface area contributed by atoms with Gasteiger partial charge in [0.25, 0.3) is 0 Å². The monoisotopic (exact) mass is 414 g/mol. The van der Waals surface area contributed by atoms with E-state index in [2.05, 4.69) is 87.8 Å². The summed E-state index contributed by atoms with van der Waals surface area (Å²) in [6.07, 6.45) is 7.66. The van der Waals surface area contributed by atoms with E-state index in [1.165, 1.54) is 22.5 Å². The smallest absolute Gasteiger partial charge is 0.0702 e. The fourth-order valence-electron chi connectivity index (χ4n) is 4.49. The summed E-state index contributed by atoms with van der Waals surface area (Å²) in [7, 11) is 0. The normalized spacial score (nSPS) is 12.7. The van der Waals surface area contributed by atoms with E-state index in [1.54, 1.807) is 0 Å². The molecule has 2 aromatic heterocycles. The minimum atomic E-state index is 0.975. The van der Waals surface area contributed by atoms with Crippen LogP contribution in [0.1, 0.15) is 11.1 Å². The van der Waals surface area contributed by atoms with Gasteiger partial charge in [-0.1, -0.05) is 42.5 Å². The number of pyridine rings is 1. The third kappa shape index (κ3) is 3.26. The number of hydrogen-bond donors (Lipinski definition) is 0. The first kappa shape index (κ1) is 18.6. The summed E-state index contributed by atoms with van der Waals surface area (Å²) >= 11 is 0. The van der Waals surface area contributed by atoms with E-state index in [0.29, 0.717) is 0 Å². The van der Waals surface area contributed by atoms with Crippen molar-refractivity contribution in [3.63, 3.8) is 0 Å². The van der Waals surface area contributed by atoms with Crippen molar-refractivity contribution < 1.29 is 0 Å². The zero-order valence-electron chi connectivity index (χ0n) is 17.6. The van der Waals surface area contributed by atoms with Crippen molar-refractivity contribution in [1.29, 1.82) is 0 Å². The predicted molar refractivity (Wildman–Crippen MR) is 129 cm³/mol. The molecule has 1 aliphatic heterocycles. The molecular formula is C28H22N4. The Kier molecular flexibility index (Phi) is 4.54. The maximum atomic E-state index is 4.56. The molecule has 3 heterocycles. The Morgan fingerprint density at radius 1 is 0.625 bits per heavy atom. The van der Waals surface area contributed by atoms with Crippen molar-refractivity contribution in [1.82, 2.24) is 14.8 Å². The van der Waals surface area contributed by atoms with Crippen molar-refractivity contribution in [3.8, 4) is 16.9 Å². The molecule has 0 saturated carbocycles. The first-order valence-corrected chi connectivity index (χ1v) is 10.9. The van der Waals surface area contributed by atoms with Gasteiger partial charge in [0.05, 0.1) is 17.1 Å². The van der Waals surface area contributed by atoms with Crippen LogP contribution in [0, 0.1) is 0 Å². The number of fused-ring (bicyclic) bond motifs is 2.